The predicted molar refractivity (Wildman–Crippen MR) is 90.5 cm³/mol. The highest BCUT2D eigenvalue weighted by atomic mass is 16.2. The van der Waals surface area contributed by atoms with E-state index in [0.29, 0.717) is 12.2 Å². The zero-order chi connectivity index (χ0) is 16.1. The molecule has 0 aromatic carbocycles. The summed E-state index contributed by atoms with van der Waals surface area (Å²) in [6.45, 7) is 4.44. The lowest BCUT2D eigenvalue weighted by Crippen LogP contribution is -2.28. The molecule has 2 amide bonds. The highest BCUT2D eigenvalue weighted by Crippen LogP contribution is 2.18. The molecule has 0 radical (unpaired) electrons. The largest absolute Gasteiger partial charge is 0.357 e. The van der Waals surface area contributed by atoms with Crippen LogP contribution in [0.25, 0.3) is 0 Å². The Bertz CT molecular complexity index is 665. The van der Waals surface area contributed by atoms with Gasteiger partial charge in [0.25, 0.3) is 0 Å². The Balaban J connectivity index is 1.51. The maximum Gasteiger partial charge on any atom is 0.319 e. The van der Waals surface area contributed by atoms with Gasteiger partial charge in [0.1, 0.15) is 5.82 Å². The molecule has 6 heteroatoms. The topological polar surface area (TPSA) is 70.2 Å². The van der Waals surface area contributed by atoms with Gasteiger partial charge in [0, 0.05) is 18.8 Å². The maximum absolute atomic E-state index is 11.9. The van der Waals surface area contributed by atoms with Crippen LogP contribution in [0.15, 0.2) is 36.5 Å². The Hall–Kier alpha value is -2.63. The molecular weight excluding hydrogens is 290 g/mol. The summed E-state index contributed by atoms with van der Waals surface area (Å²) in [6, 6.07) is 9.31. The SMILES string of the molecule is Cc1cccc(CNC(=O)Nc2ccc(N3CCCC3)nc2)n1. The fourth-order valence-corrected chi connectivity index (χ4v) is 2.64. The molecule has 120 valence electrons. The van der Waals surface area contributed by atoms with Crippen molar-refractivity contribution in [3.8, 4) is 0 Å². The van der Waals surface area contributed by atoms with E-state index in [-0.39, 0.29) is 6.03 Å². The Kier molecular flexibility index (Phi) is 4.71. The fraction of sp³-hybridized carbons (Fsp3) is 0.353. The Labute approximate surface area is 135 Å². The summed E-state index contributed by atoms with van der Waals surface area (Å²) >= 11 is 0. The van der Waals surface area contributed by atoms with E-state index in [4.69, 9.17) is 0 Å². The highest BCUT2D eigenvalue weighted by molar-refractivity contribution is 5.89. The standard InChI is InChI=1S/C17H21N5O/c1-13-5-4-6-14(20-13)12-19-17(23)21-15-7-8-16(18-11-15)22-9-2-3-10-22/h4-8,11H,2-3,9-10,12H2,1H3,(H2,19,21,23). The molecular formula is C17H21N5O. The van der Waals surface area contributed by atoms with E-state index in [2.05, 4.69) is 25.5 Å². The first-order valence-electron chi connectivity index (χ1n) is 7.89. The van der Waals surface area contributed by atoms with Gasteiger partial charge in [-0.1, -0.05) is 6.07 Å². The normalized spacial score (nSPS) is 13.9. The van der Waals surface area contributed by atoms with Crippen LogP contribution in [0.4, 0.5) is 16.3 Å². The minimum Gasteiger partial charge on any atom is -0.357 e. The van der Waals surface area contributed by atoms with Gasteiger partial charge in [0.15, 0.2) is 0 Å². The summed E-state index contributed by atoms with van der Waals surface area (Å²) in [4.78, 5) is 22.9. The summed E-state index contributed by atoms with van der Waals surface area (Å²) in [6.07, 6.45) is 4.13. The summed E-state index contributed by atoms with van der Waals surface area (Å²) in [5.74, 6) is 0.970. The average molecular weight is 311 g/mol. The molecule has 23 heavy (non-hydrogen) atoms. The van der Waals surface area contributed by atoms with Crippen molar-refractivity contribution in [2.75, 3.05) is 23.3 Å². The first-order valence-corrected chi connectivity index (χ1v) is 7.89. The van der Waals surface area contributed by atoms with E-state index >= 15 is 0 Å². The molecule has 3 rings (SSSR count). The number of carbonyl (C=O) groups excluding carboxylic acids is 1. The molecule has 1 aliphatic rings. The third-order valence-electron chi connectivity index (χ3n) is 3.81. The zero-order valence-corrected chi connectivity index (χ0v) is 13.2. The molecule has 1 fully saturated rings. The van der Waals surface area contributed by atoms with Crippen LogP contribution in [0.1, 0.15) is 24.2 Å². The van der Waals surface area contributed by atoms with E-state index in [0.717, 1.165) is 30.3 Å². The van der Waals surface area contributed by atoms with E-state index < -0.39 is 0 Å². The number of pyridine rings is 2. The third kappa shape index (κ3) is 4.18. The van der Waals surface area contributed by atoms with Crippen LogP contribution in [-0.4, -0.2) is 29.1 Å². The summed E-state index contributed by atoms with van der Waals surface area (Å²) in [5, 5.41) is 5.58. The van der Waals surface area contributed by atoms with Gasteiger partial charge in [-0.3, -0.25) is 4.98 Å². The molecule has 2 N–H and O–H groups in total. The maximum atomic E-state index is 11.9. The van der Waals surface area contributed by atoms with Gasteiger partial charge in [-0.2, -0.15) is 0 Å². The number of nitrogens with zero attached hydrogens (tertiary/aromatic N) is 3. The number of anilines is 2. The Morgan fingerprint density at radius 2 is 2.04 bits per heavy atom. The quantitative estimate of drug-likeness (QED) is 0.911. The monoisotopic (exact) mass is 311 g/mol. The number of hydrogen-bond donors (Lipinski definition) is 2. The third-order valence-corrected chi connectivity index (χ3v) is 3.81. The van der Waals surface area contributed by atoms with Crippen LogP contribution in [-0.2, 0) is 6.54 Å². The molecule has 1 aliphatic heterocycles. The number of rotatable bonds is 4. The number of aromatic nitrogens is 2. The van der Waals surface area contributed by atoms with Crippen LogP contribution >= 0.6 is 0 Å². The molecule has 0 unspecified atom stereocenters. The van der Waals surface area contributed by atoms with Crippen LogP contribution in [0, 0.1) is 6.92 Å². The minimum absolute atomic E-state index is 0.260. The van der Waals surface area contributed by atoms with Crippen molar-refractivity contribution < 1.29 is 4.79 Å². The van der Waals surface area contributed by atoms with E-state index in [1.807, 2.05) is 37.3 Å². The van der Waals surface area contributed by atoms with Crippen molar-refractivity contribution in [3.05, 3.63) is 47.9 Å². The smallest absolute Gasteiger partial charge is 0.319 e. The second kappa shape index (κ2) is 7.09. The van der Waals surface area contributed by atoms with Gasteiger partial charge in [0.2, 0.25) is 0 Å². The molecule has 2 aromatic heterocycles. The molecule has 0 spiro atoms. The van der Waals surface area contributed by atoms with Crippen molar-refractivity contribution in [2.45, 2.75) is 26.3 Å². The van der Waals surface area contributed by atoms with Crippen LogP contribution in [0.2, 0.25) is 0 Å². The number of nitrogens with one attached hydrogen (secondary N) is 2. The summed E-state index contributed by atoms with van der Waals surface area (Å²) in [7, 11) is 0. The van der Waals surface area contributed by atoms with Gasteiger partial charge in [-0.15, -0.1) is 0 Å². The second-order valence-electron chi connectivity index (χ2n) is 5.68. The Morgan fingerprint density at radius 1 is 1.22 bits per heavy atom. The van der Waals surface area contributed by atoms with Gasteiger partial charge in [-0.05, 0) is 44.0 Å². The Morgan fingerprint density at radius 3 is 2.74 bits per heavy atom. The lowest BCUT2D eigenvalue weighted by molar-refractivity contribution is 0.251. The second-order valence-corrected chi connectivity index (χ2v) is 5.68. The number of urea groups is 1. The molecule has 2 aromatic rings. The van der Waals surface area contributed by atoms with Gasteiger partial charge < -0.3 is 15.5 Å². The lowest BCUT2D eigenvalue weighted by atomic mass is 10.3. The molecule has 0 aliphatic carbocycles. The molecule has 1 saturated heterocycles. The van der Waals surface area contributed by atoms with Crippen molar-refractivity contribution in [1.82, 2.24) is 15.3 Å². The van der Waals surface area contributed by atoms with Crippen molar-refractivity contribution >= 4 is 17.5 Å². The molecule has 0 atom stereocenters. The molecule has 0 saturated carbocycles. The van der Waals surface area contributed by atoms with Crippen molar-refractivity contribution in [1.29, 1.82) is 0 Å². The highest BCUT2D eigenvalue weighted by Gasteiger charge is 2.13. The lowest BCUT2D eigenvalue weighted by Gasteiger charge is -2.16. The van der Waals surface area contributed by atoms with Crippen LogP contribution < -0.4 is 15.5 Å². The van der Waals surface area contributed by atoms with Gasteiger partial charge in [0.05, 0.1) is 24.1 Å². The molecule has 3 heterocycles. The van der Waals surface area contributed by atoms with Crippen LogP contribution in [0.3, 0.4) is 0 Å². The summed E-state index contributed by atoms with van der Waals surface area (Å²) in [5.41, 5.74) is 2.46. The number of hydrogen-bond acceptors (Lipinski definition) is 4. The van der Waals surface area contributed by atoms with E-state index in [1.54, 1.807) is 6.20 Å². The van der Waals surface area contributed by atoms with Crippen molar-refractivity contribution in [2.24, 2.45) is 0 Å². The molecule has 0 bridgehead atoms. The predicted octanol–water partition coefficient (Wildman–Crippen LogP) is 2.71. The minimum atomic E-state index is -0.260. The zero-order valence-electron chi connectivity index (χ0n) is 13.2. The number of carbonyl (C=O) groups is 1. The fourth-order valence-electron chi connectivity index (χ4n) is 2.64. The van der Waals surface area contributed by atoms with Crippen LogP contribution in [0.5, 0.6) is 0 Å². The van der Waals surface area contributed by atoms with Gasteiger partial charge in [-0.25, -0.2) is 9.78 Å². The van der Waals surface area contributed by atoms with E-state index in [1.165, 1.54) is 12.8 Å². The van der Waals surface area contributed by atoms with E-state index in [9.17, 15) is 4.79 Å². The number of amides is 2. The number of aryl methyl sites for hydroxylation is 1. The van der Waals surface area contributed by atoms with Gasteiger partial charge >= 0.3 is 6.03 Å². The first-order chi connectivity index (χ1) is 11.2. The summed E-state index contributed by atoms with van der Waals surface area (Å²) < 4.78 is 0. The van der Waals surface area contributed by atoms with Crippen molar-refractivity contribution in [3.63, 3.8) is 0 Å². The first kappa shape index (κ1) is 15.3. The molecule has 6 nitrogen and oxygen atoms in total. The average Bonchev–Trinajstić information content (AvgIpc) is 3.08.